The van der Waals surface area contributed by atoms with Gasteiger partial charge in [0, 0.05) is 43.8 Å². The van der Waals surface area contributed by atoms with Gasteiger partial charge in [-0.2, -0.15) is 0 Å². The molecule has 22 heavy (non-hydrogen) atoms. The summed E-state index contributed by atoms with van der Waals surface area (Å²) in [5.74, 6) is 1.11. The van der Waals surface area contributed by atoms with Gasteiger partial charge in [0.25, 0.3) is 0 Å². The average Bonchev–Trinajstić information content (AvgIpc) is 2.56. The molecule has 1 atom stereocenters. The summed E-state index contributed by atoms with van der Waals surface area (Å²) < 4.78 is 0. The van der Waals surface area contributed by atoms with Crippen molar-refractivity contribution in [1.29, 1.82) is 0 Å². The smallest absolute Gasteiger partial charge is 0.128 e. The zero-order valence-electron chi connectivity index (χ0n) is 13.4. The van der Waals surface area contributed by atoms with Crippen LogP contribution in [-0.2, 0) is 6.54 Å². The van der Waals surface area contributed by atoms with Crippen LogP contribution >= 0.6 is 0 Å². The summed E-state index contributed by atoms with van der Waals surface area (Å²) >= 11 is 0. The predicted octanol–water partition coefficient (Wildman–Crippen LogP) is 2.89. The number of pyridine rings is 2. The van der Waals surface area contributed by atoms with Crippen molar-refractivity contribution in [2.45, 2.75) is 32.4 Å². The summed E-state index contributed by atoms with van der Waals surface area (Å²) in [6.45, 7) is 5.16. The Morgan fingerprint density at radius 2 is 2.18 bits per heavy atom. The second-order valence-corrected chi connectivity index (χ2v) is 6.16. The summed E-state index contributed by atoms with van der Waals surface area (Å²) in [5, 5.41) is 0. The number of aryl methyl sites for hydroxylation is 1. The molecule has 4 heteroatoms. The van der Waals surface area contributed by atoms with Gasteiger partial charge in [-0.1, -0.05) is 12.1 Å². The number of aromatic nitrogens is 2. The van der Waals surface area contributed by atoms with Gasteiger partial charge in [-0.05, 0) is 50.6 Å². The summed E-state index contributed by atoms with van der Waals surface area (Å²) in [5.41, 5.74) is 2.36. The standard InChI is InChI=1S/C18H24N4/c1-15-6-3-9-18(20-15)22-11-5-8-17(14-22)21(2)13-16-7-4-10-19-12-16/h3-4,6-7,9-10,12,17H,5,8,11,13-14H2,1-2H3/t17-/m1/s1. The zero-order valence-corrected chi connectivity index (χ0v) is 13.4. The van der Waals surface area contributed by atoms with Crippen LogP contribution in [0.5, 0.6) is 0 Å². The Labute approximate surface area is 132 Å². The van der Waals surface area contributed by atoms with Crippen molar-refractivity contribution in [2.24, 2.45) is 0 Å². The maximum Gasteiger partial charge on any atom is 0.128 e. The molecule has 0 unspecified atom stereocenters. The average molecular weight is 296 g/mol. The maximum atomic E-state index is 4.67. The molecule has 3 heterocycles. The van der Waals surface area contributed by atoms with Crippen molar-refractivity contribution < 1.29 is 0 Å². The lowest BCUT2D eigenvalue weighted by Gasteiger charge is -2.38. The highest BCUT2D eigenvalue weighted by atomic mass is 15.2. The summed E-state index contributed by atoms with van der Waals surface area (Å²) in [7, 11) is 2.21. The fraction of sp³-hybridized carbons (Fsp3) is 0.444. The lowest BCUT2D eigenvalue weighted by Crippen LogP contribution is -2.46. The molecule has 0 bridgehead atoms. The Hall–Kier alpha value is -1.94. The highest BCUT2D eigenvalue weighted by Gasteiger charge is 2.24. The molecule has 0 saturated carbocycles. The third kappa shape index (κ3) is 3.63. The van der Waals surface area contributed by atoms with Gasteiger partial charge < -0.3 is 4.90 Å². The van der Waals surface area contributed by atoms with Crippen molar-refractivity contribution >= 4 is 5.82 Å². The van der Waals surface area contributed by atoms with E-state index in [2.05, 4.69) is 58.0 Å². The largest absolute Gasteiger partial charge is 0.355 e. The third-order valence-corrected chi connectivity index (χ3v) is 4.37. The second-order valence-electron chi connectivity index (χ2n) is 6.16. The van der Waals surface area contributed by atoms with E-state index in [0.29, 0.717) is 6.04 Å². The number of hydrogen-bond donors (Lipinski definition) is 0. The van der Waals surface area contributed by atoms with E-state index in [1.807, 2.05) is 18.5 Å². The third-order valence-electron chi connectivity index (χ3n) is 4.37. The van der Waals surface area contributed by atoms with Gasteiger partial charge in [-0.25, -0.2) is 4.98 Å². The van der Waals surface area contributed by atoms with Crippen molar-refractivity contribution in [3.05, 3.63) is 54.0 Å². The van der Waals surface area contributed by atoms with Crippen LogP contribution in [0.2, 0.25) is 0 Å². The topological polar surface area (TPSA) is 32.3 Å². The molecule has 0 radical (unpaired) electrons. The molecule has 0 aromatic carbocycles. The molecule has 2 aromatic heterocycles. The van der Waals surface area contributed by atoms with E-state index in [0.717, 1.165) is 31.1 Å². The van der Waals surface area contributed by atoms with Crippen LogP contribution < -0.4 is 4.90 Å². The van der Waals surface area contributed by atoms with Crippen molar-refractivity contribution in [3.63, 3.8) is 0 Å². The van der Waals surface area contributed by atoms with Crippen LogP contribution in [-0.4, -0.2) is 41.0 Å². The number of piperidine rings is 1. The molecule has 116 valence electrons. The van der Waals surface area contributed by atoms with Gasteiger partial charge in [0.15, 0.2) is 0 Å². The van der Waals surface area contributed by atoms with Crippen LogP contribution in [0, 0.1) is 6.92 Å². The fourth-order valence-electron chi connectivity index (χ4n) is 3.14. The van der Waals surface area contributed by atoms with E-state index in [4.69, 9.17) is 0 Å². The fourth-order valence-corrected chi connectivity index (χ4v) is 3.14. The van der Waals surface area contributed by atoms with E-state index in [1.165, 1.54) is 18.4 Å². The highest BCUT2D eigenvalue weighted by molar-refractivity contribution is 5.40. The lowest BCUT2D eigenvalue weighted by atomic mass is 10.0. The molecule has 0 spiro atoms. The molecular formula is C18H24N4. The quantitative estimate of drug-likeness (QED) is 0.868. The molecule has 0 N–H and O–H groups in total. The first-order valence-electron chi connectivity index (χ1n) is 8.00. The molecule has 1 aliphatic rings. The summed E-state index contributed by atoms with van der Waals surface area (Å²) in [6.07, 6.45) is 6.26. The van der Waals surface area contributed by atoms with Gasteiger partial charge in [-0.3, -0.25) is 9.88 Å². The Balaban J connectivity index is 1.65. The van der Waals surface area contributed by atoms with E-state index < -0.39 is 0 Å². The molecule has 0 amide bonds. The highest BCUT2D eigenvalue weighted by Crippen LogP contribution is 2.21. The molecule has 2 aromatic rings. The second kappa shape index (κ2) is 6.88. The SMILES string of the molecule is Cc1cccc(N2CCC[C@@H](N(C)Cc3cccnc3)C2)n1. The van der Waals surface area contributed by atoms with Crippen LogP contribution in [0.25, 0.3) is 0 Å². The van der Waals surface area contributed by atoms with E-state index in [-0.39, 0.29) is 0 Å². The van der Waals surface area contributed by atoms with E-state index in [9.17, 15) is 0 Å². The summed E-state index contributed by atoms with van der Waals surface area (Å²) in [4.78, 5) is 13.7. The molecule has 3 rings (SSSR count). The first kappa shape index (κ1) is 15.0. The van der Waals surface area contributed by atoms with Gasteiger partial charge in [0.2, 0.25) is 0 Å². The van der Waals surface area contributed by atoms with Gasteiger partial charge in [0.1, 0.15) is 5.82 Å². The zero-order chi connectivity index (χ0) is 15.4. The molecular weight excluding hydrogens is 272 g/mol. The van der Waals surface area contributed by atoms with Crippen LogP contribution in [0.1, 0.15) is 24.1 Å². The van der Waals surface area contributed by atoms with E-state index in [1.54, 1.807) is 0 Å². The Morgan fingerprint density at radius 1 is 1.27 bits per heavy atom. The molecule has 1 saturated heterocycles. The predicted molar refractivity (Wildman–Crippen MR) is 89.9 cm³/mol. The van der Waals surface area contributed by atoms with Crippen molar-refractivity contribution in [3.8, 4) is 0 Å². The van der Waals surface area contributed by atoms with Crippen LogP contribution in [0.15, 0.2) is 42.7 Å². The normalized spacial score (nSPS) is 18.7. The van der Waals surface area contributed by atoms with Crippen molar-refractivity contribution in [1.82, 2.24) is 14.9 Å². The minimum atomic E-state index is 0.566. The van der Waals surface area contributed by atoms with Gasteiger partial charge in [0.05, 0.1) is 0 Å². The number of anilines is 1. The van der Waals surface area contributed by atoms with Crippen LogP contribution in [0.4, 0.5) is 5.82 Å². The number of hydrogen-bond acceptors (Lipinski definition) is 4. The minimum Gasteiger partial charge on any atom is -0.355 e. The first-order valence-corrected chi connectivity index (χ1v) is 8.00. The van der Waals surface area contributed by atoms with Gasteiger partial charge >= 0.3 is 0 Å². The molecule has 0 aliphatic carbocycles. The maximum absolute atomic E-state index is 4.67. The first-order chi connectivity index (χ1) is 10.7. The molecule has 1 fully saturated rings. The number of rotatable bonds is 4. The van der Waals surface area contributed by atoms with Crippen LogP contribution in [0.3, 0.4) is 0 Å². The minimum absolute atomic E-state index is 0.566. The van der Waals surface area contributed by atoms with Crippen molar-refractivity contribution in [2.75, 3.05) is 25.0 Å². The lowest BCUT2D eigenvalue weighted by molar-refractivity contribution is 0.207. The monoisotopic (exact) mass is 296 g/mol. The van der Waals surface area contributed by atoms with Gasteiger partial charge in [-0.15, -0.1) is 0 Å². The Bertz CT molecular complexity index is 599. The Kier molecular flexibility index (Phi) is 4.68. The molecule has 4 nitrogen and oxygen atoms in total. The molecule has 1 aliphatic heterocycles. The van der Waals surface area contributed by atoms with E-state index >= 15 is 0 Å². The number of likely N-dealkylation sites (N-methyl/N-ethyl adjacent to an activating group) is 1. The summed E-state index contributed by atoms with van der Waals surface area (Å²) in [6, 6.07) is 11.0. The number of nitrogens with zero attached hydrogens (tertiary/aromatic N) is 4. The Morgan fingerprint density at radius 3 is 2.95 bits per heavy atom.